The van der Waals surface area contributed by atoms with E-state index in [1.165, 1.54) is 0 Å². The molecule has 3 aromatic carbocycles. The molecule has 2 N–H and O–H groups in total. The van der Waals surface area contributed by atoms with Crippen molar-refractivity contribution in [1.29, 1.82) is 0 Å². The van der Waals surface area contributed by atoms with E-state index in [1.54, 1.807) is 12.1 Å². The zero-order valence-corrected chi connectivity index (χ0v) is 20.0. The topological polar surface area (TPSA) is 101 Å². The monoisotopic (exact) mass is 486 g/mol. The molecule has 3 aromatic rings. The zero-order valence-electron chi connectivity index (χ0n) is 20.0. The van der Waals surface area contributed by atoms with Gasteiger partial charge in [-0.3, -0.25) is 9.59 Å². The summed E-state index contributed by atoms with van der Waals surface area (Å²) in [5.74, 6) is -2.52. The Morgan fingerprint density at radius 1 is 0.806 bits per heavy atom. The summed E-state index contributed by atoms with van der Waals surface area (Å²) < 4.78 is 5.79. The van der Waals surface area contributed by atoms with Gasteiger partial charge < -0.3 is 14.9 Å². The maximum Gasteiger partial charge on any atom is 0.338 e. The summed E-state index contributed by atoms with van der Waals surface area (Å²) in [4.78, 5) is 37.0. The Kier molecular flexibility index (Phi) is 8.28. The highest BCUT2D eigenvalue weighted by Gasteiger charge is 2.45. The number of aliphatic hydroxyl groups is 1. The van der Waals surface area contributed by atoms with E-state index in [4.69, 9.17) is 4.74 Å². The molecule has 6 nitrogen and oxygen atoms in total. The molecule has 4 rings (SSSR count). The van der Waals surface area contributed by atoms with E-state index in [2.05, 4.69) is 0 Å². The average molecular weight is 487 g/mol. The van der Waals surface area contributed by atoms with E-state index in [0.717, 1.165) is 16.7 Å². The quantitative estimate of drug-likeness (QED) is 0.394. The highest BCUT2D eigenvalue weighted by Crippen LogP contribution is 2.40. The second-order valence-electron chi connectivity index (χ2n) is 9.36. The molecule has 0 aliphatic heterocycles. The van der Waals surface area contributed by atoms with E-state index in [0.29, 0.717) is 12.0 Å². The van der Waals surface area contributed by atoms with Gasteiger partial charge in [0, 0.05) is 31.1 Å². The number of rotatable bonds is 10. The summed E-state index contributed by atoms with van der Waals surface area (Å²) in [7, 11) is 0. The SMILES string of the molecule is O=C(O)C[C@@H]1[C@@H](CCC(=O)Cc2ccccc2)[C@H](OC(=O)c2ccc(-c3ccccc3)cc2)C[C@@H]1O. The number of esters is 1. The van der Waals surface area contributed by atoms with E-state index in [-0.39, 0.29) is 31.5 Å². The number of carbonyl (C=O) groups excluding carboxylic acids is 2. The lowest BCUT2D eigenvalue weighted by Gasteiger charge is -2.24. The van der Waals surface area contributed by atoms with E-state index < -0.39 is 36.0 Å². The minimum atomic E-state index is -1.02. The summed E-state index contributed by atoms with van der Waals surface area (Å²) in [6, 6.07) is 26.3. The number of aliphatic hydroxyl groups excluding tert-OH is 1. The summed E-state index contributed by atoms with van der Waals surface area (Å²) in [5.41, 5.74) is 3.30. The Morgan fingerprint density at radius 3 is 2.06 bits per heavy atom. The third-order valence-electron chi connectivity index (χ3n) is 6.89. The van der Waals surface area contributed by atoms with Crippen molar-refractivity contribution in [2.75, 3.05) is 0 Å². The fraction of sp³-hybridized carbons (Fsp3) is 0.300. The molecule has 0 aromatic heterocycles. The van der Waals surface area contributed by atoms with Crippen molar-refractivity contribution in [3.05, 3.63) is 96.1 Å². The molecule has 0 heterocycles. The number of carbonyl (C=O) groups is 3. The van der Waals surface area contributed by atoms with Gasteiger partial charge in [-0.05, 0) is 35.2 Å². The molecule has 186 valence electrons. The van der Waals surface area contributed by atoms with Crippen LogP contribution in [0.5, 0.6) is 0 Å². The number of hydrogen-bond donors (Lipinski definition) is 2. The van der Waals surface area contributed by atoms with Gasteiger partial charge in [0.2, 0.25) is 0 Å². The minimum Gasteiger partial charge on any atom is -0.481 e. The molecular formula is C30H30O6. The van der Waals surface area contributed by atoms with Crippen LogP contribution < -0.4 is 0 Å². The van der Waals surface area contributed by atoms with Crippen LogP contribution in [-0.2, 0) is 20.7 Å². The number of aliphatic carboxylic acids is 1. The molecule has 36 heavy (non-hydrogen) atoms. The summed E-state index contributed by atoms with van der Waals surface area (Å²) in [6.45, 7) is 0. The molecule has 1 aliphatic rings. The molecule has 0 saturated heterocycles. The van der Waals surface area contributed by atoms with Gasteiger partial charge in [0.25, 0.3) is 0 Å². The van der Waals surface area contributed by atoms with Crippen molar-refractivity contribution in [2.24, 2.45) is 11.8 Å². The molecule has 1 aliphatic carbocycles. The highest BCUT2D eigenvalue weighted by molar-refractivity contribution is 5.90. The van der Waals surface area contributed by atoms with Gasteiger partial charge in [-0.2, -0.15) is 0 Å². The van der Waals surface area contributed by atoms with Gasteiger partial charge in [-0.1, -0.05) is 72.8 Å². The smallest absolute Gasteiger partial charge is 0.338 e. The first-order chi connectivity index (χ1) is 17.4. The molecular weight excluding hydrogens is 456 g/mol. The normalized spacial score (nSPS) is 21.1. The number of ether oxygens (including phenoxy) is 1. The van der Waals surface area contributed by atoms with Gasteiger partial charge in [-0.15, -0.1) is 0 Å². The first kappa shape index (κ1) is 25.3. The molecule has 1 fully saturated rings. The fourth-order valence-corrected chi connectivity index (χ4v) is 5.05. The number of hydrogen-bond acceptors (Lipinski definition) is 5. The number of Topliss-reactive ketones (excluding diaryl/α,β-unsaturated/α-hetero) is 1. The third kappa shape index (κ3) is 6.46. The Labute approximate surface area is 210 Å². The van der Waals surface area contributed by atoms with Crippen LogP contribution >= 0.6 is 0 Å². The largest absolute Gasteiger partial charge is 0.481 e. The maximum atomic E-state index is 12.9. The first-order valence-corrected chi connectivity index (χ1v) is 12.2. The molecule has 0 bridgehead atoms. The zero-order chi connectivity index (χ0) is 25.5. The Balaban J connectivity index is 1.43. The van der Waals surface area contributed by atoms with Crippen molar-refractivity contribution < 1.29 is 29.3 Å². The van der Waals surface area contributed by atoms with Crippen molar-refractivity contribution >= 4 is 17.7 Å². The molecule has 0 radical (unpaired) electrons. The number of benzene rings is 3. The second kappa shape index (κ2) is 11.8. The van der Waals surface area contributed by atoms with Crippen LogP contribution in [0.15, 0.2) is 84.9 Å². The predicted molar refractivity (Wildman–Crippen MR) is 135 cm³/mol. The lowest BCUT2D eigenvalue weighted by atomic mass is 9.86. The van der Waals surface area contributed by atoms with Gasteiger partial charge in [0.1, 0.15) is 11.9 Å². The molecule has 4 atom stereocenters. The van der Waals surface area contributed by atoms with Crippen LogP contribution in [0.4, 0.5) is 0 Å². The van der Waals surface area contributed by atoms with E-state index in [1.807, 2.05) is 72.8 Å². The molecule has 0 spiro atoms. The summed E-state index contributed by atoms with van der Waals surface area (Å²) >= 11 is 0. The van der Waals surface area contributed by atoms with Crippen LogP contribution in [0, 0.1) is 11.8 Å². The minimum absolute atomic E-state index is 0.0262. The van der Waals surface area contributed by atoms with Gasteiger partial charge in [0.15, 0.2) is 0 Å². The molecule has 1 saturated carbocycles. The van der Waals surface area contributed by atoms with Gasteiger partial charge in [-0.25, -0.2) is 4.79 Å². The number of carboxylic acids is 1. The van der Waals surface area contributed by atoms with Gasteiger partial charge in [0.05, 0.1) is 18.1 Å². The Morgan fingerprint density at radius 2 is 1.42 bits per heavy atom. The van der Waals surface area contributed by atoms with Crippen LogP contribution in [0.3, 0.4) is 0 Å². The van der Waals surface area contributed by atoms with Crippen LogP contribution in [0.25, 0.3) is 11.1 Å². The predicted octanol–water partition coefficient (Wildman–Crippen LogP) is 4.94. The highest BCUT2D eigenvalue weighted by atomic mass is 16.5. The summed E-state index contributed by atoms with van der Waals surface area (Å²) in [5, 5.41) is 19.9. The maximum absolute atomic E-state index is 12.9. The lowest BCUT2D eigenvalue weighted by molar-refractivity contribution is -0.139. The first-order valence-electron chi connectivity index (χ1n) is 12.2. The van der Waals surface area contributed by atoms with Crippen LogP contribution in [0.2, 0.25) is 0 Å². The van der Waals surface area contributed by atoms with Crippen LogP contribution in [-0.4, -0.2) is 40.1 Å². The van der Waals surface area contributed by atoms with Gasteiger partial charge >= 0.3 is 11.9 Å². The van der Waals surface area contributed by atoms with Crippen molar-refractivity contribution in [1.82, 2.24) is 0 Å². The van der Waals surface area contributed by atoms with Crippen molar-refractivity contribution in [3.8, 4) is 11.1 Å². The standard InChI is InChI=1S/C30H30O6/c31-24(17-20-7-3-1-4-8-20)15-16-25-26(18-29(33)34)27(32)19-28(25)36-30(35)23-13-11-22(12-14-23)21-9-5-2-6-10-21/h1-14,25-28,32H,15-19H2,(H,33,34)/t25-,26-,27+,28-/m1/s1. The third-order valence-corrected chi connectivity index (χ3v) is 6.89. The molecule has 0 unspecified atom stereocenters. The summed E-state index contributed by atoms with van der Waals surface area (Å²) in [6.07, 6.45) is -0.781. The second-order valence-corrected chi connectivity index (χ2v) is 9.36. The number of carboxylic acid groups (broad SMARTS) is 1. The van der Waals surface area contributed by atoms with E-state index in [9.17, 15) is 24.6 Å². The Bertz CT molecular complexity index is 1170. The van der Waals surface area contributed by atoms with Crippen molar-refractivity contribution in [3.63, 3.8) is 0 Å². The van der Waals surface area contributed by atoms with Crippen LogP contribution in [0.1, 0.15) is 41.6 Å². The van der Waals surface area contributed by atoms with E-state index >= 15 is 0 Å². The fourth-order valence-electron chi connectivity index (χ4n) is 5.05. The lowest BCUT2D eigenvalue weighted by Crippen LogP contribution is -2.28. The van der Waals surface area contributed by atoms with Crippen molar-refractivity contribution in [2.45, 2.75) is 44.3 Å². The Hall–Kier alpha value is -3.77. The molecule has 6 heteroatoms. The number of ketones is 1. The molecule has 0 amide bonds. The average Bonchev–Trinajstić information content (AvgIpc) is 3.16.